The SMILES string of the molecule is COC(=O)Cc1ccccc1N1CC(O)C(NC2CCN(Cc3ccc(Cl)cc3)CC2)C1. The van der Waals surface area contributed by atoms with Gasteiger partial charge in [-0.25, -0.2) is 0 Å². The Hall–Kier alpha value is -2.12. The van der Waals surface area contributed by atoms with Crippen molar-refractivity contribution in [2.45, 2.75) is 44.0 Å². The first kappa shape index (κ1) is 23.1. The van der Waals surface area contributed by atoms with Crippen LogP contribution in [0.3, 0.4) is 0 Å². The Morgan fingerprint density at radius 2 is 1.84 bits per heavy atom. The number of aliphatic hydroxyl groups is 1. The molecule has 0 aromatic heterocycles. The van der Waals surface area contributed by atoms with Crippen LogP contribution in [0.15, 0.2) is 48.5 Å². The topological polar surface area (TPSA) is 65.0 Å². The van der Waals surface area contributed by atoms with Gasteiger partial charge in [0.15, 0.2) is 0 Å². The molecule has 2 N–H and O–H groups in total. The summed E-state index contributed by atoms with van der Waals surface area (Å²) in [6.45, 7) is 4.31. The second-order valence-corrected chi connectivity index (χ2v) is 9.24. The summed E-state index contributed by atoms with van der Waals surface area (Å²) in [5, 5.41) is 15.2. The van der Waals surface area contributed by atoms with Crippen LogP contribution in [0.5, 0.6) is 0 Å². The van der Waals surface area contributed by atoms with Crippen molar-refractivity contribution in [3.05, 3.63) is 64.7 Å². The van der Waals surface area contributed by atoms with E-state index < -0.39 is 6.10 Å². The van der Waals surface area contributed by atoms with Gasteiger partial charge in [0.2, 0.25) is 0 Å². The zero-order chi connectivity index (χ0) is 22.5. The summed E-state index contributed by atoms with van der Waals surface area (Å²) in [6.07, 6.45) is 1.93. The molecule has 4 rings (SSSR count). The number of para-hydroxylation sites is 1. The van der Waals surface area contributed by atoms with Crippen molar-refractivity contribution in [2.24, 2.45) is 0 Å². The average molecular weight is 458 g/mol. The highest BCUT2D eigenvalue weighted by Gasteiger charge is 2.34. The average Bonchev–Trinajstić information content (AvgIpc) is 3.17. The summed E-state index contributed by atoms with van der Waals surface area (Å²) >= 11 is 5.99. The molecule has 0 aliphatic carbocycles. The number of carbonyl (C=O) groups excluding carboxylic acids is 1. The number of anilines is 1. The Kier molecular flexibility index (Phi) is 7.68. The van der Waals surface area contributed by atoms with Gasteiger partial charge in [-0.2, -0.15) is 0 Å². The first-order valence-corrected chi connectivity index (χ1v) is 11.7. The summed E-state index contributed by atoms with van der Waals surface area (Å²) < 4.78 is 4.84. The third kappa shape index (κ3) is 5.81. The molecule has 7 heteroatoms. The number of rotatable bonds is 7. The zero-order valence-corrected chi connectivity index (χ0v) is 19.3. The Bertz CT molecular complexity index is 900. The number of ether oxygens (including phenoxy) is 1. The van der Waals surface area contributed by atoms with Gasteiger partial charge in [-0.1, -0.05) is 41.9 Å². The molecule has 0 saturated carbocycles. The Labute approximate surface area is 195 Å². The van der Waals surface area contributed by atoms with Gasteiger partial charge in [-0.3, -0.25) is 9.69 Å². The molecule has 172 valence electrons. The standard InChI is InChI=1S/C25H32ClN3O3/c1-32-25(31)14-19-4-2-3-5-23(19)29-16-22(24(30)17-29)27-21-10-12-28(13-11-21)15-18-6-8-20(26)9-7-18/h2-9,21-22,24,27,30H,10-17H2,1H3. The van der Waals surface area contributed by atoms with E-state index in [0.717, 1.165) is 55.3 Å². The van der Waals surface area contributed by atoms with E-state index in [1.165, 1.54) is 12.7 Å². The van der Waals surface area contributed by atoms with Crippen LogP contribution in [0.2, 0.25) is 5.02 Å². The highest BCUT2D eigenvalue weighted by atomic mass is 35.5. The smallest absolute Gasteiger partial charge is 0.310 e. The van der Waals surface area contributed by atoms with E-state index >= 15 is 0 Å². The number of β-amino-alcohol motifs (C(OH)–C–C–N with tert-alkyl or cyclic N) is 1. The van der Waals surface area contributed by atoms with Gasteiger partial charge in [0.05, 0.1) is 25.7 Å². The molecule has 2 atom stereocenters. The molecule has 0 amide bonds. The van der Waals surface area contributed by atoms with E-state index in [1.807, 2.05) is 36.4 Å². The number of hydrogen-bond acceptors (Lipinski definition) is 6. The molecule has 32 heavy (non-hydrogen) atoms. The molecule has 6 nitrogen and oxygen atoms in total. The quantitative estimate of drug-likeness (QED) is 0.623. The van der Waals surface area contributed by atoms with E-state index in [4.69, 9.17) is 16.3 Å². The number of esters is 1. The van der Waals surface area contributed by atoms with Gasteiger partial charge in [-0.15, -0.1) is 0 Å². The lowest BCUT2D eigenvalue weighted by Crippen LogP contribution is -2.49. The third-order valence-corrected chi connectivity index (χ3v) is 6.79. The van der Waals surface area contributed by atoms with Crippen molar-refractivity contribution in [1.82, 2.24) is 10.2 Å². The number of carbonyl (C=O) groups is 1. The summed E-state index contributed by atoms with van der Waals surface area (Å²) in [4.78, 5) is 16.4. The molecule has 0 bridgehead atoms. The molecule has 2 saturated heterocycles. The van der Waals surface area contributed by atoms with Crippen molar-refractivity contribution in [3.8, 4) is 0 Å². The van der Waals surface area contributed by atoms with Crippen LogP contribution in [-0.2, 0) is 22.5 Å². The van der Waals surface area contributed by atoms with Gasteiger partial charge < -0.3 is 20.1 Å². The molecular weight excluding hydrogens is 426 g/mol. The number of hydrogen-bond donors (Lipinski definition) is 2. The van der Waals surface area contributed by atoms with E-state index in [9.17, 15) is 9.90 Å². The fourth-order valence-corrected chi connectivity index (χ4v) is 4.88. The lowest BCUT2D eigenvalue weighted by Gasteiger charge is -2.34. The molecule has 2 aromatic rings. The van der Waals surface area contributed by atoms with Crippen LogP contribution in [0.1, 0.15) is 24.0 Å². The summed E-state index contributed by atoms with van der Waals surface area (Å²) in [5.74, 6) is -0.253. The normalized spacial score (nSPS) is 22.3. The molecule has 2 fully saturated rings. The lowest BCUT2D eigenvalue weighted by atomic mass is 10.0. The molecule has 2 aromatic carbocycles. The van der Waals surface area contributed by atoms with E-state index in [-0.39, 0.29) is 18.4 Å². The summed E-state index contributed by atoms with van der Waals surface area (Å²) in [7, 11) is 1.41. The molecule has 2 aliphatic heterocycles. The second kappa shape index (κ2) is 10.7. The van der Waals surface area contributed by atoms with Crippen LogP contribution in [-0.4, -0.2) is 67.5 Å². The predicted octanol–water partition coefficient (Wildman–Crippen LogP) is 2.86. The first-order chi connectivity index (χ1) is 15.5. The van der Waals surface area contributed by atoms with Gasteiger partial charge in [0, 0.05) is 36.4 Å². The Morgan fingerprint density at radius 1 is 1.12 bits per heavy atom. The number of benzene rings is 2. The zero-order valence-electron chi connectivity index (χ0n) is 18.5. The third-order valence-electron chi connectivity index (χ3n) is 6.54. The lowest BCUT2D eigenvalue weighted by molar-refractivity contribution is -0.139. The van der Waals surface area contributed by atoms with E-state index in [2.05, 4.69) is 27.2 Å². The minimum absolute atomic E-state index is 0.0222. The number of halogens is 1. The highest BCUT2D eigenvalue weighted by molar-refractivity contribution is 6.30. The van der Waals surface area contributed by atoms with Crippen molar-refractivity contribution < 1.29 is 14.6 Å². The van der Waals surface area contributed by atoms with Gasteiger partial charge >= 0.3 is 5.97 Å². The molecule has 2 unspecified atom stereocenters. The van der Waals surface area contributed by atoms with Crippen LogP contribution in [0.25, 0.3) is 0 Å². The maximum atomic E-state index is 11.8. The van der Waals surface area contributed by atoms with Crippen LogP contribution in [0.4, 0.5) is 5.69 Å². The number of methoxy groups -OCH3 is 1. The molecule has 2 aliphatic rings. The van der Waals surface area contributed by atoms with Crippen LogP contribution < -0.4 is 10.2 Å². The minimum Gasteiger partial charge on any atom is -0.469 e. The maximum absolute atomic E-state index is 11.8. The summed E-state index contributed by atoms with van der Waals surface area (Å²) in [6, 6.07) is 16.4. The number of nitrogens with zero attached hydrogens (tertiary/aromatic N) is 2. The van der Waals surface area contributed by atoms with Crippen molar-refractivity contribution in [2.75, 3.05) is 38.2 Å². The second-order valence-electron chi connectivity index (χ2n) is 8.80. The van der Waals surface area contributed by atoms with Crippen molar-refractivity contribution >= 4 is 23.3 Å². The van der Waals surface area contributed by atoms with Crippen LogP contribution >= 0.6 is 11.6 Å². The minimum atomic E-state index is -0.437. The number of likely N-dealkylation sites (tertiary alicyclic amines) is 1. The molecule has 0 radical (unpaired) electrons. The Balaban J connectivity index is 1.29. The van der Waals surface area contributed by atoms with E-state index in [1.54, 1.807) is 0 Å². The largest absolute Gasteiger partial charge is 0.469 e. The predicted molar refractivity (Wildman–Crippen MR) is 127 cm³/mol. The molecule has 0 spiro atoms. The molecular formula is C25H32ClN3O3. The van der Waals surface area contributed by atoms with Crippen LogP contribution in [0, 0.1) is 0 Å². The fourth-order valence-electron chi connectivity index (χ4n) is 4.75. The number of piperidine rings is 1. The fraction of sp³-hybridized carbons (Fsp3) is 0.480. The summed E-state index contributed by atoms with van der Waals surface area (Å²) in [5.41, 5.74) is 3.22. The van der Waals surface area contributed by atoms with E-state index in [0.29, 0.717) is 12.6 Å². The molecule has 2 heterocycles. The van der Waals surface area contributed by atoms with Gasteiger partial charge in [0.1, 0.15) is 0 Å². The van der Waals surface area contributed by atoms with Crippen molar-refractivity contribution in [3.63, 3.8) is 0 Å². The highest BCUT2D eigenvalue weighted by Crippen LogP contribution is 2.26. The number of aliphatic hydroxyl groups excluding tert-OH is 1. The maximum Gasteiger partial charge on any atom is 0.310 e. The Morgan fingerprint density at radius 3 is 2.56 bits per heavy atom. The number of nitrogens with one attached hydrogen (secondary N) is 1. The van der Waals surface area contributed by atoms with Gasteiger partial charge in [-0.05, 0) is 55.3 Å². The first-order valence-electron chi connectivity index (χ1n) is 11.3. The van der Waals surface area contributed by atoms with Crippen molar-refractivity contribution in [1.29, 1.82) is 0 Å². The van der Waals surface area contributed by atoms with Gasteiger partial charge in [0.25, 0.3) is 0 Å². The monoisotopic (exact) mass is 457 g/mol.